The quantitative estimate of drug-likeness (QED) is 0.274. The second kappa shape index (κ2) is 10.8. The highest BCUT2D eigenvalue weighted by Gasteiger charge is 2.31. The van der Waals surface area contributed by atoms with E-state index in [0.717, 1.165) is 18.3 Å². The van der Waals surface area contributed by atoms with Crippen LogP contribution in [0.3, 0.4) is 0 Å². The molecule has 9 nitrogen and oxygen atoms in total. The molecular weight excluding hydrogens is 528 g/mol. The summed E-state index contributed by atoms with van der Waals surface area (Å²) in [7, 11) is -1.65. The van der Waals surface area contributed by atoms with Crippen molar-refractivity contribution < 1.29 is 31.3 Å². The molecule has 1 unspecified atom stereocenters. The van der Waals surface area contributed by atoms with E-state index in [9.17, 15) is 26.6 Å². The molecule has 14 heteroatoms. The number of nitrogen functional groups attached to an aromatic ring is 1. The largest absolute Gasteiger partial charge is 0.424 e. The second-order valence-electron chi connectivity index (χ2n) is 7.71. The fourth-order valence-corrected chi connectivity index (χ4v) is 3.94. The monoisotopic (exact) mass is 546 g/mol. The van der Waals surface area contributed by atoms with Gasteiger partial charge in [0.1, 0.15) is 17.4 Å². The fraction of sp³-hybridized carbons (Fsp3) is 0.0833. The Hall–Kier alpha value is -4.59. The first-order valence-corrected chi connectivity index (χ1v) is 12.2. The molecule has 196 valence electrons. The standard InChI is InChI=1S/C24H18F4N6O3S/c1-38(36)20-7-4-14(24(26,27)28)8-19(20)34-22(35)33-16-11-31-23(32-12-16)37-17-5-2-13(3-6-17)18-9-15(25)10-30-21(18)29/h2-12H,1H3,(H2,29,30)(H2,33,34,35). The van der Waals surface area contributed by atoms with Gasteiger partial charge in [-0.25, -0.2) is 24.1 Å². The molecule has 0 fully saturated rings. The van der Waals surface area contributed by atoms with Crippen molar-refractivity contribution in [2.45, 2.75) is 11.1 Å². The van der Waals surface area contributed by atoms with Crippen LogP contribution in [0.25, 0.3) is 11.1 Å². The van der Waals surface area contributed by atoms with E-state index in [0.29, 0.717) is 22.9 Å². The summed E-state index contributed by atoms with van der Waals surface area (Å²) >= 11 is 0. The molecule has 2 heterocycles. The van der Waals surface area contributed by atoms with Crippen LogP contribution in [0.4, 0.5) is 39.5 Å². The first kappa shape index (κ1) is 26.5. The SMILES string of the molecule is CS(=O)c1ccc(C(F)(F)F)cc1NC(=O)Nc1cnc(Oc2ccc(-c3cc(F)cnc3N)cc2)nc1. The number of carbonyl (C=O) groups is 1. The van der Waals surface area contributed by atoms with Gasteiger partial charge < -0.3 is 21.1 Å². The van der Waals surface area contributed by atoms with Gasteiger partial charge in [0, 0.05) is 11.8 Å². The molecule has 2 amide bonds. The maximum absolute atomic E-state index is 13.5. The van der Waals surface area contributed by atoms with Gasteiger partial charge in [0.15, 0.2) is 0 Å². The molecule has 0 saturated heterocycles. The van der Waals surface area contributed by atoms with Gasteiger partial charge in [0.05, 0.1) is 51.2 Å². The fourth-order valence-electron chi connectivity index (χ4n) is 3.26. The Morgan fingerprint density at radius 1 is 0.974 bits per heavy atom. The van der Waals surface area contributed by atoms with E-state index in [1.807, 2.05) is 0 Å². The van der Waals surface area contributed by atoms with Crippen LogP contribution in [-0.2, 0) is 17.0 Å². The predicted molar refractivity (Wildman–Crippen MR) is 133 cm³/mol. The normalized spacial score (nSPS) is 12.0. The molecule has 0 aliphatic rings. The molecular formula is C24H18F4N6O3S. The topological polar surface area (TPSA) is 132 Å². The second-order valence-corrected chi connectivity index (χ2v) is 9.06. The number of halogens is 4. The van der Waals surface area contributed by atoms with Gasteiger partial charge in [-0.05, 0) is 42.0 Å². The Bertz CT molecular complexity index is 1500. The number of benzene rings is 2. The van der Waals surface area contributed by atoms with E-state index < -0.39 is 34.4 Å². The number of aromatic nitrogens is 3. The minimum absolute atomic E-state index is 0.0236. The Morgan fingerprint density at radius 3 is 2.29 bits per heavy atom. The highest BCUT2D eigenvalue weighted by atomic mass is 32.2. The first-order chi connectivity index (χ1) is 18.0. The molecule has 0 aliphatic carbocycles. The Morgan fingerprint density at radius 2 is 1.66 bits per heavy atom. The van der Waals surface area contributed by atoms with Gasteiger partial charge in [0.25, 0.3) is 0 Å². The lowest BCUT2D eigenvalue weighted by Gasteiger charge is -2.14. The van der Waals surface area contributed by atoms with E-state index in [-0.39, 0.29) is 28.1 Å². The number of pyridine rings is 1. The summed E-state index contributed by atoms with van der Waals surface area (Å²) in [4.78, 5) is 24.1. The third-order valence-electron chi connectivity index (χ3n) is 5.01. The van der Waals surface area contributed by atoms with Gasteiger partial charge in [-0.3, -0.25) is 4.21 Å². The number of anilines is 3. The van der Waals surface area contributed by atoms with Crippen molar-refractivity contribution in [1.29, 1.82) is 0 Å². The number of nitrogens with one attached hydrogen (secondary N) is 2. The highest BCUT2D eigenvalue weighted by Crippen LogP contribution is 2.33. The van der Waals surface area contributed by atoms with Crippen LogP contribution in [0, 0.1) is 5.82 Å². The van der Waals surface area contributed by atoms with Gasteiger partial charge in [-0.15, -0.1) is 0 Å². The predicted octanol–water partition coefficient (Wildman–Crippen LogP) is 5.45. The average molecular weight is 547 g/mol. The maximum Gasteiger partial charge on any atom is 0.416 e. The van der Waals surface area contributed by atoms with Crippen molar-refractivity contribution in [2.75, 3.05) is 22.6 Å². The summed E-state index contributed by atoms with van der Waals surface area (Å²) in [5, 5.41) is 4.65. The smallest absolute Gasteiger partial charge is 0.416 e. The van der Waals surface area contributed by atoms with Crippen molar-refractivity contribution in [3.63, 3.8) is 0 Å². The Balaban J connectivity index is 1.41. The van der Waals surface area contributed by atoms with Gasteiger partial charge in [0.2, 0.25) is 0 Å². The van der Waals surface area contributed by atoms with E-state index in [4.69, 9.17) is 10.5 Å². The van der Waals surface area contributed by atoms with Crippen molar-refractivity contribution in [2.24, 2.45) is 0 Å². The van der Waals surface area contributed by atoms with Gasteiger partial charge >= 0.3 is 18.2 Å². The lowest BCUT2D eigenvalue weighted by Crippen LogP contribution is -2.21. The first-order valence-electron chi connectivity index (χ1n) is 10.6. The van der Waals surface area contributed by atoms with Gasteiger partial charge in [-0.2, -0.15) is 13.2 Å². The van der Waals surface area contributed by atoms with Crippen LogP contribution < -0.4 is 21.1 Å². The summed E-state index contributed by atoms with van der Waals surface area (Å²) < 4.78 is 70.1. The number of amides is 2. The van der Waals surface area contributed by atoms with Crippen molar-refractivity contribution >= 4 is 34.0 Å². The molecule has 0 aliphatic heterocycles. The molecule has 0 spiro atoms. The number of hydrogen-bond acceptors (Lipinski definition) is 7. The van der Waals surface area contributed by atoms with Crippen LogP contribution >= 0.6 is 0 Å². The number of rotatable bonds is 6. The molecule has 1 atom stereocenters. The third kappa shape index (κ3) is 6.39. The molecule has 38 heavy (non-hydrogen) atoms. The molecule has 2 aromatic carbocycles. The number of carbonyl (C=O) groups excluding carboxylic acids is 1. The number of alkyl halides is 3. The number of nitrogens with two attached hydrogens (primary N) is 1. The molecule has 0 saturated carbocycles. The van der Waals surface area contributed by atoms with E-state index in [1.165, 1.54) is 24.7 Å². The third-order valence-corrected chi connectivity index (χ3v) is 5.99. The average Bonchev–Trinajstić information content (AvgIpc) is 2.86. The Kier molecular flexibility index (Phi) is 7.52. The minimum Gasteiger partial charge on any atom is -0.424 e. The van der Waals surface area contributed by atoms with Crippen LogP contribution in [-0.4, -0.2) is 31.4 Å². The summed E-state index contributed by atoms with van der Waals surface area (Å²) in [5.74, 6) is 0.00319. The van der Waals surface area contributed by atoms with E-state index in [2.05, 4.69) is 25.6 Å². The number of ether oxygens (including phenoxy) is 1. The van der Waals surface area contributed by atoms with Crippen molar-refractivity contribution in [3.8, 4) is 22.9 Å². The van der Waals surface area contributed by atoms with Crippen molar-refractivity contribution in [1.82, 2.24) is 15.0 Å². The molecule has 4 N–H and O–H groups in total. The minimum atomic E-state index is -4.64. The zero-order valence-electron chi connectivity index (χ0n) is 19.4. The lowest BCUT2D eigenvalue weighted by molar-refractivity contribution is -0.137. The van der Waals surface area contributed by atoms with Gasteiger partial charge in [-0.1, -0.05) is 12.1 Å². The maximum atomic E-state index is 13.5. The molecule has 4 aromatic rings. The zero-order valence-corrected chi connectivity index (χ0v) is 20.2. The van der Waals surface area contributed by atoms with Crippen LogP contribution in [0.2, 0.25) is 0 Å². The molecule has 0 bridgehead atoms. The summed E-state index contributed by atoms with van der Waals surface area (Å²) in [6, 6.07) is 9.31. The summed E-state index contributed by atoms with van der Waals surface area (Å²) in [5.41, 5.74) is 5.69. The van der Waals surface area contributed by atoms with Crippen molar-refractivity contribution in [3.05, 3.63) is 78.5 Å². The molecule has 2 aromatic heterocycles. The Labute approximate surface area is 215 Å². The number of urea groups is 1. The highest BCUT2D eigenvalue weighted by molar-refractivity contribution is 7.84. The van der Waals surface area contributed by atoms with Crippen LogP contribution in [0.1, 0.15) is 5.56 Å². The zero-order chi connectivity index (χ0) is 27.4. The summed E-state index contributed by atoms with van der Waals surface area (Å²) in [6.45, 7) is 0. The number of nitrogens with zero attached hydrogens (tertiary/aromatic N) is 3. The van der Waals surface area contributed by atoms with E-state index in [1.54, 1.807) is 24.3 Å². The molecule has 4 rings (SSSR count). The van der Waals surface area contributed by atoms with Crippen LogP contribution in [0.15, 0.2) is 72.0 Å². The molecule has 0 radical (unpaired) electrons. The summed E-state index contributed by atoms with van der Waals surface area (Å²) in [6.07, 6.45) is 0.0984. The number of hydrogen-bond donors (Lipinski definition) is 3. The van der Waals surface area contributed by atoms with Crippen LogP contribution in [0.5, 0.6) is 11.8 Å². The lowest BCUT2D eigenvalue weighted by atomic mass is 10.1. The van der Waals surface area contributed by atoms with E-state index >= 15 is 0 Å².